The van der Waals surface area contributed by atoms with Gasteiger partial charge in [-0.05, 0) is 36.8 Å². The van der Waals surface area contributed by atoms with Gasteiger partial charge in [-0.25, -0.2) is 0 Å². The number of benzene rings is 1. The van der Waals surface area contributed by atoms with Crippen molar-refractivity contribution in [3.8, 4) is 0 Å². The van der Waals surface area contributed by atoms with Gasteiger partial charge in [-0.1, -0.05) is 25.1 Å². The van der Waals surface area contributed by atoms with E-state index in [1.807, 2.05) is 18.2 Å². The Bertz CT molecular complexity index is 367. The van der Waals surface area contributed by atoms with Crippen molar-refractivity contribution in [2.75, 3.05) is 0 Å². The lowest BCUT2D eigenvalue weighted by atomic mass is 10.0. The fourth-order valence-electron chi connectivity index (χ4n) is 1.74. The Morgan fingerprint density at radius 2 is 2.27 bits per heavy atom. The van der Waals surface area contributed by atoms with Gasteiger partial charge in [0.2, 0.25) is 0 Å². The van der Waals surface area contributed by atoms with E-state index < -0.39 is 6.10 Å². The molecule has 0 aromatic heterocycles. The van der Waals surface area contributed by atoms with Crippen LogP contribution in [-0.4, -0.2) is 17.0 Å². The minimum Gasteiger partial charge on any atom is -0.385 e. The van der Waals surface area contributed by atoms with Gasteiger partial charge in [0.1, 0.15) is 6.10 Å². The van der Waals surface area contributed by atoms with E-state index in [9.17, 15) is 9.90 Å². The lowest BCUT2D eigenvalue weighted by Gasteiger charge is -2.08. The van der Waals surface area contributed by atoms with Crippen LogP contribution in [0.3, 0.4) is 0 Å². The molecule has 1 aliphatic carbocycles. The normalized spacial score (nSPS) is 17.5. The average Bonchev–Trinajstić information content (AvgIpc) is 3.11. The van der Waals surface area contributed by atoms with Gasteiger partial charge in [0, 0.05) is 5.56 Å². The smallest absolute Gasteiger partial charge is 0.191 e. The summed E-state index contributed by atoms with van der Waals surface area (Å²) in [5.74, 6) is 0.0931. The number of hydrogen-bond donors (Lipinski definition) is 1. The molecule has 0 aliphatic heterocycles. The second-order valence-corrected chi connectivity index (χ2v) is 4.20. The number of aryl methyl sites for hydroxylation is 1. The zero-order valence-corrected chi connectivity index (χ0v) is 8.94. The van der Waals surface area contributed by atoms with E-state index in [0.717, 1.165) is 24.8 Å². The third kappa shape index (κ3) is 2.26. The van der Waals surface area contributed by atoms with Crippen molar-refractivity contribution in [3.63, 3.8) is 0 Å². The van der Waals surface area contributed by atoms with Crippen LogP contribution >= 0.6 is 0 Å². The zero-order chi connectivity index (χ0) is 10.8. The van der Waals surface area contributed by atoms with Gasteiger partial charge in [-0.3, -0.25) is 4.79 Å². The second-order valence-electron chi connectivity index (χ2n) is 4.20. The van der Waals surface area contributed by atoms with Crippen LogP contribution in [0.25, 0.3) is 0 Å². The number of rotatable bonds is 4. The fraction of sp³-hybridized carbons (Fsp3) is 0.462. The average molecular weight is 204 g/mol. The monoisotopic (exact) mass is 204 g/mol. The zero-order valence-electron chi connectivity index (χ0n) is 8.94. The second kappa shape index (κ2) is 4.15. The van der Waals surface area contributed by atoms with E-state index in [1.54, 1.807) is 6.07 Å². The van der Waals surface area contributed by atoms with Gasteiger partial charge in [0.15, 0.2) is 5.78 Å². The first-order valence-electron chi connectivity index (χ1n) is 5.53. The summed E-state index contributed by atoms with van der Waals surface area (Å²) in [7, 11) is 0. The van der Waals surface area contributed by atoms with E-state index in [2.05, 4.69) is 6.92 Å². The number of carbonyl (C=O) groups is 1. The van der Waals surface area contributed by atoms with Crippen LogP contribution in [0.1, 0.15) is 35.7 Å². The molecule has 0 radical (unpaired) electrons. The molecule has 1 aromatic rings. The van der Waals surface area contributed by atoms with Crippen LogP contribution in [0.4, 0.5) is 0 Å². The standard InChI is InChI=1S/C13H16O2/c1-2-9-4-3-5-11(8-9)13(15)12(14)10-6-7-10/h3-5,8,10,12,14H,2,6-7H2,1H3. The molecule has 15 heavy (non-hydrogen) atoms. The number of aliphatic hydroxyl groups is 1. The Hall–Kier alpha value is -1.15. The molecule has 0 heterocycles. The molecule has 1 N–H and O–H groups in total. The van der Waals surface area contributed by atoms with Gasteiger partial charge in [-0.2, -0.15) is 0 Å². The van der Waals surface area contributed by atoms with Crippen LogP contribution in [0.5, 0.6) is 0 Å². The molecular weight excluding hydrogens is 188 g/mol. The lowest BCUT2D eigenvalue weighted by molar-refractivity contribution is 0.0704. The summed E-state index contributed by atoms with van der Waals surface area (Å²) in [4.78, 5) is 11.8. The van der Waals surface area contributed by atoms with Crippen LogP contribution < -0.4 is 0 Å². The highest BCUT2D eigenvalue weighted by molar-refractivity contribution is 5.99. The maximum absolute atomic E-state index is 11.8. The SMILES string of the molecule is CCc1cccc(C(=O)C(O)C2CC2)c1. The van der Waals surface area contributed by atoms with Gasteiger partial charge < -0.3 is 5.11 Å². The summed E-state index contributed by atoms with van der Waals surface area (Å²) in [6, 6.07) is 7.55. The summed E-state index contributed by atoms with van der Waals surface area (Å²) in [5.41, 5.74) is 1.79. The van der Waals surface area contributed by atoms with Crippen molar-refractivity contribution in [1.82, 2.24) is 0 Å². The number of Topliss-reactive ketones (excluding diaryl/α,β-unsaturated/α-hetero) is 1. The van der Waals surface area contributed by atoms with Gasteiger partial charge >= 0.3 is 0 Å². The molecule has 1 aromatic carbocycles. The molecule has 0 spiro atoms. The Labute approximate surface area is 89.9 Å². The van der Waals surface area contributed by atoms with Crippen molar-refractivity contribution < 1.29 is 9.90 Å². The minimum absolute atomic E-state index is 0.118. The first-order valence-corrected chi connectivity index (χ1v) is 5.53. The van der Waals surface area contributed by atoms with E-state index in [1.165, 1.54) is 0 Å². The first kappa shape index (κ1) is 10.4. The predicted molar refractivity (Wildman–Crippen MR) is 58.9 cm³/mol. The molecule has 80 valence electrons. The highest BCUT2D eigenvalue weighted by Crippen LogP contribution is 2.33. The fourth-order valence-corrected chi connectivity index (χ4v) is 1.74. The van der Waals surface area contributed by atoms with Gasteiger partial charge in [-0.15, -0.1) is 0 Å². The molecule has 2 heteroatoms. The predicted octanol–water partition coefficient (Wildman–Crippen LogP) is 2.20. The molecule has 1 aliphatic rings. The highest BCUT2D eigenvalue weighted by Gasteiger charge is 2.34. The third-order valence-electron chi connectivity index (χ3n) is 2.96. The molecule has 0 amide bonds. The Morgan fingerprint density at radius 3 is 2.87 bits per heavy atom. The van der Waals surface area contributed by atoms with Crippen LogP contribution in [0.2, 0.25) is 0 Å². The quantitative estimate of drug-likeness (QED) is 0.763. The molecule has 0 saturated heterocycles. The number of hydrogen-bond acceptors (Lipinski definition) is 2. The molecule has 1 saturated carbocycles. The molecule has 1 fully saturated rings. The number of aliphatic hydroxyl groups excluding tert-OH is 1. The van der Waals surface area contributed by atoms with Crippen molar-refractivity contribution in [2.24, 2.45) is 5.92 Å². The third-order valence-corrected chi connectivity index (χ3v) is 2.96. The van der Waals surface area contributed by atoms with Crippen molar-refractivity contribution in [1.29, 1.82) is 0 Å². The van der Waals surface area contributed by atoms with Crippen LogP contribution in [0.15, 0.2) is 24.3 Å². The van der Waals surface area contributed by atoms with Crippen molar-refractivity contribution in [2.45, 2.75) is 32.3 Å². The van der Waals surface area contributed by atoms with E-state index >= 15 is 0 Å². The summed E-state index contributed by atoms with van der Waals surface area (Å²) in [6.07, 6.45) is 2.11. The summed E-state index contributed by atoms with van der Waals surface area (Å²) >= 11 is 0. The van der Waals surface area contributed by atoms with Gasteiger partial charge in [0.25, 0.3) is 0 Å². The van der Waals surface area contributed by atoms with E-state index in [-0.39, 0.29) is 11.7 Å². The number of ketones is 1. The Kier molecular flexibility index (Phi) is 2.87. The minimum atomic E-state index is -0.780. The Balaban J connectivity index is 2.16. The van der Waals surface area contributed by atoms with Crippen LogP contribution in [0, 0.1) is 5.92 Å². The topological polar surface area (TPSA) is 37.3 Å². The van der Waals surface area contributed by atoms with Gasteiger partial charge in [0.05, 0.1) is 0 Å². The maximum Gasteiger partial charge on any atom is 0.191 e. The summed E-state index contributed by atoms with van der Waals surface area (Å²) < 4.78 is 0. The van der Waals surface area contributed by atoms with E-state index in [0.29, 0.717) is 5.56 Å². The van der Waals surface area contributed by atoms with Crippen molar-refractivity contribution >= 4 is 5.78 Å². The first-order chi connectivity index (χ1) is 7.22. The Morgan fingerprint density at radius 1 is 1.53 bits per heavy atom. The van der Waals surface area contributed by atoms with E-state index in [4.69, 9.17) is 0 Å². The molecular formula is C13H16O2. The molecule has 0 bridgehead atoms. The largest absolute Gasteiger partial charge is 0.385 e. The summed E-state index contributed by atoms with van der Waals surface area (Å²) in [5, 5.41) is 9.72. The molecule has 2 nitrogen and oxygen atoms in total. The lowest BCUT2D eigenvalue weighted by Crippen LogP contribution is -2.22. The highest BCUT2D eigenvalue weighted by atomic mass is 16.3. The molecule has 1 atom stereocenters. The molecule has 1 unspecified atom stereocenters. The number of carbonyl (C=O) groups excluding carboxylic acids is 1. The molecule has 2 rings (SSSR count). The van der Waals surface area contributed by atoms with Crippen molar-refractivity contribution in [3.05, 3.63) is 35.4 Å². The van der Waals surface area contributed by atoms with Crippen LogP contribution in [-0.2, 0) is 6.42 Å². The summed E-state index contributed by atoms with van der Waals surface area (Å²) in [6.45, 7) is 2.06. The maximum atomic E-state index is 11.8.